The number of thioether (sulfide) groups is 1. The molecule has 2 aromatic carbocycles. The van der Waals surface area contributed by atoms with Crippen molar-refractivity contribution in [3.05, 3.63) is 41.5 Å². The molecule has 0 spiro atoms. The number of carbonyl (C=O) groups is 1. The number of ether oxygens (including phenoxy) is 3. The summed E-state index contributed by atoms with van der Waals surface area (Å²) in [5.74, 6) is 1.70. The largest absolute Gasteiger partial charge is 0.493 e. The van der Waals surface area contributed by atoms with Gasteiger partial charge >= 0.3 is 0 Å². The van der Waals surface area contributed by atoms with Gasteiger partial charge in [-0.3, -0.25) is 4.79 Å². The average Bonchev–Trinajstić information content (AvgIpc) is 3.22. The van der Waals surface area contributed by atoms with E-state index in [-0.39, 0.29) is 22.8 Å². The van der Waals surface area contributed by atoms with Gasteiger partial charge in [0.15, 0.2) is 11.5 Å². The van der Waals surface area contributed by atoms with Crippen molar-refractivity contribution in [2.24, 2.45) is 0 Å². The molecule has 0 aliphatic heterocycles. The number of methoxy groups -OCH3 is 3. The molecule has 0 aliphatic carbocycles. The minimum absolute atomic E-state index is 0.143. The summed E-state index contributed by atoms with van der Waals surface area (Å²) in [4.78, 5) is 12.3. The quantitative estimate of drug-likeness (QED) is 0.535. The fraction of sp³-hybridized carbons (Fsp3) is 0.286. The van der Waals surface area contributed by atoms with Gasteiger partial charge in [-0.05, 0) is 37.6 Å². The van der Waals surface area contributed by atoms with Crippen LogP contribution in [0.3, 0.4) is 0 Å². The smallest absolute Gasteiger partial charge is 0.277 e. The van der Waals surface area contributed by atoms with Crippen molar-refractivity contribution in [3.8, 4) is 28.7 Å². The highest BCUT2D eigenvalue weighted by atomic mass is 32.2. The first-order valence-electron chi connectivity index (χ1n) is 9.09. The van der Waals surface area contributed by atoms with Crippen molar-refractivity contribution in [3.63, 3.8) is 0 Å². The Hall–Kier alpha value is -3.20. The summed E-state index contributed by atoms with van der Waals surface area (Å²) in [6.45, 7) is 3.97. The van der Waals surface area contributed by atoms with E-state index in [4.69, 9.17) is 18.6 Å². The number of rotatable bonds is 8. The van der Waals surface area contributed by atoms with Crippen LogP contribution in [0.25, 0.3) is 11.5 Å². The number of nitrogens with zero attached hydrogens (tertiary/aromatic N) is 2. The van der Waals surface area contributed by atoms with Crippen molar-refractivity contribution < 1.29 is 23.4 Å². The minimum Gasteiger partial charge on any atom is -0.493 e. The van der Waals surface area contributed by atoms with E-state index in [2.05, 4.69) is 15.5 Å². The number of hydrogen-bond donors (Lipinski definition) is 1. The fourth-order valence-corrected chi connectivity index (χ4v) is 3.42. The molecule has 0 aliphatic rings. The predicted molar refractivity (Wildman–Crippen MR) is 115 cm³/mol. The van der Waals surface area contributed by atoms with Crippen LogP contribution in [-0.4, -0.2) is 43.2 Å². The molecule has 8 nitrogen and oxygen atoms in total. The second kappa shape index (κ2) is 9.53. The van der Waals surface area contributed by atoms with Gasteiger partial charge in [0.1, 0.15) is 0 Å². The van der Waals surface area contributed by atoms with Crippen molar-refractivity contribution >= 4 is 23.4 Å². The zero-order valence-corrected chi connectivity index (χ0v) is 18.3. The van der Waals surface area contributed by atoms with E-state index in [1.165, 1.54) is 21.3 Å². The van der Waals surface area contributed by atoms with Gasteiger partial charge in [-0.25, -0.2) is 0 Å². The summed E-state index contributed by atoms with van der Waals surface area (Å²) in [5.41, 5.74) is 3.55. The lowest BCUT2D eigenvalue weighted by atomic mass is 10.1. The van der Waals surface area contributed by atoms with Crippen LogP contribution >= 0.6 is 11.8 Å². The number of hydrogen-bond acceptors (Lipinski definition) is 8. The number of aromatic nitrogens is 2. The Morgan fingerprint density at radius 3 is 2.33 bits per heavy atom. The molecule has 9 heteroatoms. The molecular weight excluding hydrogens is 406 g/mol. The van der Waals surface area contributed by atoms with Crippen LogP contribution in [0.5, 0.6) is 17.2 Å². The van der Waals surface area contributed by atoms with Crippen LogP contribution in [-0.2, 0) is 4.79 Å². The second-order valence-corrected chi connectivity index (χ2v) is 7.37. The average molecular weight is 429 g/mol. The number of aryl methyl sites for hydroxylation is 2. The summed E-state index contributed by atoms with van der Waals surface area (Å²) < 4.78 is 21.7. The Labute approximate surface area is 178 Å². The van der Waals surface area contributed by atoms with Crippen molar-refractivity contribution in [1.82, 2.24) is 10.2 Å². The van der Waals surface area contributed by atoms with Gasteiger partial charge < -0.3 is 23.9 Å². The van der Waals surface area contributed by atoms with Crippen molar-refractivity contribution in [2.75, 3.05) is 32.4 Å². The number of nitrogens with one attached hydrogen (secondary N) is 1. The Morgan fingerprint density at radius 1 is 1.03 bits per heavy atom. The highest BCUT2D eigenvalue weighted by molar-refractivity contribution is 7.99. The van der Waals surface area contributed by atoms with Gasteiger partial charge in [-0.2, -0.15) is 0 Å². The molecule has 0 saturated heterocycles. The van der Waals surface area contributed by atoms with Gasteiger partial charge in [0.2, 0.25) is 17.5 Å². The maximum atomic E-state index is 12.3. The van der Waals surface area contributed by atoms with E-state index in [9.17, 15) is 4.79 Å². The molecule has 0 atom stereocenters. The highest BCUT2D eigenvalue weighted by Crippen LogP contribution is 2.41. The van der Waals surface area contributed by atoms with E-state index in [0.29, 0.717) is 22.8 Å². The van der Waals surface area contributed by atoms with E-state index < -0.39 is 0 Å². The number of anilines is 1. The maximum Gasteiger partial charge on any atom is 0.277 e. The third-order valence-corrected chi connectivity index (χ3v) is 5.12. The zero-order chi connectivity index (χ0) is 21.7. The second-order valence-electron chi connectivity index (χ2n) is 6.44. The van der Waals surface area contributed by atoms with E-state index >= 15 is 0 Å². The molecule has 0 unspecified atom stereocenters. The van der Waals surface area contributed by atoms with Crippen LogP contribution in [0.1, 0.15) is 11.1 Å². The van der Waals surface area contributed by atoms with Gasteiger partial charge in [-0.15, -0.1) is 10.2 Å². The Morgan fingerprint density at radius 2 is 1.73 bits per heavy atom. The number of carbonyl (C=O) groups excluding carboxylic acids is 1. The molecule has 30 heavy (non-hydrogen) atoms. The molecule has 1 heterocycles. The molecule has 1 N–H and O–H groups in total. The predicted octanol–water partition coefficient (Wildman–Crippen LogP) is 4.11. The van der Waals surface area contributed by atoms with E-state index in [1.807, 2.05) is 32.0 Å². The zero-order valence-electron chi connectivity index (χ0n) is 17.4. The SMILES string of the molecule is COc1cc(-c2nnc(SCC(=O)Nc3ccc(C)cc3C)o2)cc(OC)c1OC. The summed E-state index contributed by atoms with van der Waals surface area (Å²) in [6, 6.07) is 9.30. The summed E-state index contributed by atoms with van der Waals surface area (Å²) >= 11 is 1.16. The Kier molecular flexibility index (Phi) is 6.83. The lowest BCUT2D eigenvalue weighted by Gasteiger charge is -2.12. The third-order valence-electron chi connectivity index (χ3n) is 4.30. The first kappa shape index (κ1) is 21.5. The monoisotopic (exact) mass is 429 g/mol. The standard InChI is InChI=1S/C21H23N3O5S/c1-12-6-7-15(13(2)8-12)22-18(25)11-30-21-24-23-20(29-21)14-9-16(26-3)19(28-5)17(10-14)27-4/h6-10H,11H2,1-5H3,(H,22,25). The summed E-state index contributed by atoms with van der Waals surface area (Å²) in [5, 5.41) is 11.2. The first-order valence-corrected chi connectivity index (χ1v) is 10.1. The molecular formula is C21H23N3O5S. The Bertz CT molecular complexity index is 1030. The molecule has 3 aromatic rings. The molecule has 0 bridgehead atoms. The van der Waals surface area contributed by atoms with Crippen molar-refractivity contribution in [1.29, 1.82) is 0 Å². The fourth-order valence-electron chi connectivity index (χ4n) is 2.86. The first-order chi connectivity index (χ1) is 14.4. The molecule has 0 radical (unpaired) electrons. The highest BCUT2D eigenvalue weighted by Gasteiger charge is 2.18. The van der Waals surface area contributed by atoms with E-state index in [0.717, 1.165) is 28.6 Å². The number of benzene rings is 2. The van der Waals surface area contributed by atoms with Crippen molar-refractivity contribution in [2.45, 2.75) is 19.1 Å². The molecule has 0 saturated carbocycles. The summed E-state index contributed by atoms with van der Waals surface area (Å²) in [6.07, 6.45) is 0. The van der Waals surface area contributed by atoms with Crippen LogP contribution in [0, 0.1) is 13.8 Å². The normalized spacial score (nSPS) is 10.6. The van der Waals surface area contributed by atoms with Crippen LogP contribution in [0.15, 0.2) is 40.0 Å². The van der Waals surface area contributed by atoms with Gasteiger partial charge in [-0.1, -0.05) is 29.5 Å². The maximum absolute atomic E-state index is 12.3. The summed E-state index contributed by atoms with van der Waals surface area (Å²) in [7, 11) is 4.60. The topological polar surface area (TPSA) is 95.7 Å². The lowest BCUT2D eigenvalue weighted by Crippen LogP contribution is -2.14. The van der Waals surface area contributed by atoms with Gasteiger partial charge in [0.05, 0.1) is 27.1 Å². The van der Waals surface area contributed by atoms with Gasteiger partial charge in [0.25, 0.3) is 5.22 Å². The Balaban J connectivity index is 1.68. The van der Waals surface area contributed by atoms with Crippen LogP contribution in [0.2, 0.25) is 0 Å². The molecule has 1 amide bonds. The minimum atomic E-state index is -0.153. The van der Waals surface area contributed by atoms with Crippen LogP contribution < -0.4 is 19.5 Å². The lowest BCUT2D eigenvalue weighted by molar-refractivity contribution is -0.113. The molecule has 1 aromatic heterocycles. The third kappa shape index (κ3) is 4.85. The molecule has 3 rings (SSSR count). The molecule has 158 valence electrons. The van der Waals surface area contributed by atoms with Gasteiger partial charge in [0, 0.05) is 11.3 Å². The van der Waals surface area contributed by atoms with Crippen LogP contribution in [0.4, 0.5) is 5.69 Å². The van der Waals surface area contributed by atoms with E-state index in [1.54, 1.807) is 12.1 Å². The number of amides is 1. The molecule has 0 fully saturated rings.